The monoisotopic (exact) mass is 470 g/mol. The van der Waals surface area contributed by atoms with Gasteiger partial charge in [-0.05, 0) is 53.9 Å². The fraction of sp³-hybridized carbons (Fsp3) is 0.154. The molecule has 0 spiro atoms. The highest BCUT2D eigenvalue weighted by Gasteiger charge is 2.20. The fourth-order valence-electron chi connectivity index (χ4n) is 3.53. The van der Waals surface area contributed by atoms with Crippen LogP contribution in [0.3, 0.4) is 0 Å². The highest BCUT2D eigenvalue weighted by atomic mass is 35.5. The van der Waals surface area contributed by atoms with Crippen LogP contribution in [0.2, 0.25) is 5.02 Å². The van der Waals surface area contributed by atoms with E-state index in [1.165, 1.54) is 0 Å². The molecule has 1 atom stereocenters. The van der Waals surface area contributed by atoms with Crippen molar-refractivity contribution in [2.75, 3.05) is 11.9 Å². The van der Waals surface area contributed by atoms with Crippen LogP contribution in [0, 0.1) is 11.3 Å². The molecule has 1 unspecified atom stereocenters. The highest BCUT2D eigenvalue weighted by Crippen LogP contribution is 2.21. The van der Waals surface area contributed by atoms with Gasteiger partial charge in [0.15, 0.2) is 0 Å². The topological polar surface area (TPSA) is 95.6 Å². The number of nitrogens with zero attached hydrogens (tertiary/aromatic N) is 4. The summed E-state index contributed by atoms with van der Waals surface area (Å²) in [4.78, 5) is 17.6. The van der Waals surface area contributed by atoms with E-state index in [1.54, 1.807) is 47.4 Å². The van der Waals surface area contributed by atoms with E-state index in [2.05, 4.69) is 26.8 Å². The summed E-state index contributed by atoms with van der Waals surface area (Å²) in [5, 5.41) is 20.0. The fourth-order valence-corrected chi connectivity index (χ4v) is 3.66. The number of anilines is 1. The van der Waals surface area contributed by atoms with Crippen molar-refractivity contribution < 1.29 is 4.79 Å². The van der Waals surface area contributed by atoms with Crippen LogP contribution in [0.5, 0.6) is 0 Å². The smallest absolute Gasteiger partial charge is 0.247 e. The van der Waals surface area contributed by atoms with Gasteiger partial charge in [0, 0.05) is 42.1 Å². The van der Waals surface area contributed by atoms with Gasteiger partial charge in [-0.2, -0.15) is 10.4 Å². The number of carbonyl (C=O) groups excluding carboxylic acids is 1. The summed E-state index contributed by atoms with van der Waals surface area (Å²) in [6.07, 6.45) is 6.09. The number of hydrogen-bond donors (Lipinski definition) is 2. The molecule has 1 amide bonds. The number of nitriles is 1. The minimum absolute atomic E-state index is 0.219. The van der Waals surface area contributed by atoms with Crippen LogP contribution >= 0.6 is 11.6 Å². The van der Waals surface area contributed by atoms with Crippen molar-refractivity contribution in [1.29, 1.82) is 5.26 Å². The van der Waals surface area contributed by atoms with Gasteiger partial charge < -0.3 is 10.6 Å². The van der Waals surface area contributed by atoms with Gasteiger partial charge in [-0.25, -0.2) is 4.98 Å². The molecular formula is C26H23ClN6O. The van der Waals surface area contributed by atoms with Crippen LogP contribution < -0.4 is 10.6 Å². The number of rotatable bonds is 8. The molecule has 0 aliphatic heterocycles. The predicted octanol–water partition coefficient (Wildman–Crippen LogP) is 4.52. The molecule has 0 saturated carbocycles. The molecule has 2 aromatic heterocycles. The van der Waals surface area contributed by atoms with Crippen molar-refractivity contribution in [2.45, 2.75) is 12.5 Å². The van der Waals surface area contributed by atoms with E-state index in [0.717, 1.165) is 22.3 Å². The summed E-state index contributed by atoms with van der Waals surface area (Å²) in [6, 6.07) is 19.8. The van der Waals surface area contributed by atoms with Crippen LogP contribution in [0.1, 0.15) is 22.7 Å². The minimum Gasteiger partial charge on any atom is -0.309 e. The third kappa shape index (κ3) is 5.87. The molecule has 34 heavy (non-hydrogen) atoms. The van der Waals surface area contributed by atoms with Gasteiger partial charge in [0.05, 0.1) is 17.8 Å². The second-order valence-electron chi connectivity index (χ2n) is 7.82. The average Bonchev–Trinajstić information content (AvgIpc) is 3.29. The Hall–Kier alpha value is -3.99. The molecule has 2 aromatic carbocycles. The Morgan fingerprint density at radius 2 is 1.82 bits per heavy atom. The zero-order chi connectivity index (χ0) is 23.9. The number of nitrogens with one attached hydrogen (secondary N) is 2. The number of halogens is 1. The second-order valence-corrected chi connectivity index (χ2v) is 8.26. The molecule has 0 fully saturated rings. The van der Waals surface area contributed by atoms with Crippen molar-refractivity contribution in [3.8, 4) is 17.2 Å². The summed E-state index contributed by atoms with van der Waals surface area (Å²) >= 11 is 6.04. The molecule has 4 aromatic rings. The molecule has 4 rings (SSSR count). The summed E-state index contributed by atoms with van der Waals surface area (Å²) in [5.41, 5.74) is 4.37. The SMILES string of the molecule is Cn1cc(-c2ccc(NC(=O)C(NCCc3ccc(C#N)cc3)c3ccc(Cl)cc3)nc2)cn1. The van der Waals surface area contributed by atoms with E-state index in [1.807, 2.05) is 43.6 Å². The number of benzene rings is 2. The zero-order valence-corrected chi connectivity index (χ0v) is 19.3. The molecule has 0 radical (unpaired) electrons. The summed E-state index contributed by atoms with van der Waals surface area (Å²) < 4.78 is 1.73. The first kappa shape index (κ1) is 23.2. The number of pyridine rings is 1. The summed E-state index contributed by atoms with van der Waals surface area (Å²) in [5.74, 6) is 0.245. The van der Waals surface area contributed by atoms with Crippen molar-refractivity contribution in [3.63, 3.8) is 0 Å². The lowest BCUT2D eigenvalue weighted by atomic mass is 10.0. The van der Waals surface area contributed by atoms with Gasteiger partial charge in [0.1, 0.15) is 11.9 Å². The molecular weight excluding hydrogens is 448 g/mol. The lowest BCUT2D eigenvalue weighted by molar-refractivity contribution is -0.118. The summed E-state index contributed by atoms with van der Waals surface area (Å²) in [6.45, 7) is 0.569. The minimum atomic E-state index is -0.588. The van der Waals surface area contributed by atoms with Crippen molar-refractivity contribution in [2.24, 2.45) is 7.05 Å². The van der Waals surface area contributed by atoms with Gasteiger partial charge in [-0.15, -0.1) is 0 Å². The first-order valence-corrected chi connectivity index (χ1v) is 11.1. The van der Waals surface area contributed by atoms with Crippen LogP contribution in [-0.4, -0.2) is 27.2 Å². The Balaban J connectivity index is 1.44. The molecule has 170 valence electrons. The normalized spacial score (nSPS) is 11.6. The van der Waals surface area contributed by atoms with E-state index in [4.69, 9.17) is 16.9 Å². The Labute approximate surface area is 203 Å². The van der Waals surface area contributed by atoms with E-state index in [9.17, 15) is 4.79 Å². The third-order valence-corrected chi connectivity index (χ3v) is 5.62. The van der Waals surface area contributed by atoms with Crippen LogP contribution in [-0.2, 0) is 18.3 Å². The van der Waals surface area contributed by atoms with Crippen LogP contribution in [0.25, 0.3) is 11.1 Å². The van der Waals surface area contributed by atoms with E-state index >= 15 is 0 Å². The molecule has 0 aliphatic rings. The molecule has 0 aliphatic carbocycles. The second kappa shape index (κ2) is 10.8. The van der Waals surface area contributed by atoms with Crippen LogP contribution in [0.4, 0.5) is 5.82 Å². The molecule has 0 bridgehead atoms. The molecule has 2 heterocycles. The van der Waals surface area contributed by atoms with Gasteiger partial charge in [-0.3, -0.25) is 9.48 Å². The van der Waals surface area contributed by atoms with E-state index in [-0.39, 0.29) is 5.91 Å². The van der Waals surface area contributed by atoms with Gasteiger partial charge in [0.2, 0.25) is 5.91 Å². The molecule has 2 N–H and O–H groups in total. The maximum Gasteiger partial charge on any atom is 0.247 e. The standard InChI is InChI=1S/C26H23ClN6O/c1-33-17-22(16-31-33)21-8-11-24(30-15-21)32-26(34)25(20-6-9-23(27)10-7-20)29-13-12-18-2-4-19(14-28)5-3-18/h2-11,15-17,25,29H,12-13H2,1H3,(H,30,32,34). The number of amides is 1. The number of carbonyl (C=O) groups is 1. The number of aryl methyl sites for hydroxylation is 1. The van der Waals surface area contributed by atoms with Crippen LogP contribution in [0.15, 0.2) is 79.3 Å². The van der Waals surface area contributed by atoms with Gasteiger partial charge in [0.25, 0.3) is 0 Å². The lowest BCUT2D eigenvalue weighted by Gasteiger charge is -2.19. The average molecular weight is 471 g/mol. The first-order valence-electron chi connectivity index (χ1n) is 10.8. The Kier molecular flexibility index (Phi) is 7.33. The van der Waals surface area contributed by atoms with Crippen molar-refractivity contribution >= 4 is 23.3 Å². The van der Waals surface area contributed by atoms with E-state index in [0.29, 0.717) is 29.4 Å². The lowest BCUT2D eigenvalue weighted by Crippen LogP contribution is -2.34. The largest absolute Gasteiger partial charge is 0.309 e. The van der Waals surface area contributed by atoms with Gasteiger partial charge >= 0.3 is 0 Å². The molecule has 7 nitrogen and oxygen atoms in total. The van der Waals surface area contributed by atoms with Crippen molar-refractivity contribution in [1.82, 2.24) is 20.1 Å². The maximum absolute atomic E-state index is 13.2. The third-order valence-electron chi connectivity index (χ3n) is 5.36. The highest BCUT2D eigenvalue weighted by molar-refractivity contribution is 6.30. The first-order chi connectivity index (χ1) is 16.5. The van der Waals surface area contributed by atoms with E-state index < -0.39 is 6.04 Å². The maximum atomic E-state index is 13.2. The molecule has 8 heteroatoms. The molecule has 0 saturated heterocycles. The Morgan fingerprint density at radius 3 is 2.44 bits per heavy atom. The Morgan fingerprint density at radius 1 is 1.06 bits per heavy atom. The van der Waals surface area contributed by atoms with Gasteiger partial charge in [-0.1, -0.05) is 35.9 Å². The Bertz CT molecular complexity index is 1290. The van der Waals surface area contributed by atoms with Crippen molar-refractivity contribution in [3.05, 3.63) is 101 Å². The number of aromatic nitrogens is 3. The number of hydrogen-bond acceptors (Lipinski definition) is 5. The predicted molar refractivity (Wildman–Crippen MR) is 132 cm³/mol. The summed E-state index contributed by atoms with van der Waals surface area (Å²) in [7, 11) is 1.86. The zero-order valence-electron chi connectivity index (χ0n) is 18.6. The quantitative estimate of drug-likeness (QED) is 0.394.